The van der Waals surface area contributed by atoms with Crippen molar-refractivity contribution in [3.63, 3.8) is 0 Å². The summed E-state index contributed by atoms with van der Waals surface area (Å²) in [6.45, 7) is 4.28. The molecule has 1 aliphatic rings. The van der Waals surface area contributed by atoms with E-state index in [9.17, 15) is 5.26 Å². The zero-order valence-corrected chi connectivity index (χ0v) is 11.1. The van der Waals surface area contributed by atoms with Gasteiger partial charge < -0.3 is 9.47 Å². The lowest BCUT2D eigenvalue weighted by Gasteiger charge is -2.17. The van der Waals surface area contributed by atoms with Crippen LogP contribution in [-0.2, 0) is 0 Å². The molecule has 0 fully saturated rings. The topological polar surface area (TPSA) is 54.3 Å². The van der Waals surface area contributed by atoms with Crippen LogP contribution in [-0.4, -0.2) is 12.8 Å². The first-order valence-corrected chi connectivity index (χ1v) is 6.28. The van der Waals surface area contributed by atoms with Gasteiger partial charge in [-0.2, -0.15) is 5.26 Å². The Morgan fingerprint density at radius 2 is 2.28 bits per heavy atom. The van der Waals surface area contributed by atoms with E-state index in [-0.39, 0.29) is 12.8 Å². The van der Waals surface area contributed by atoms with Crippen LogP contribution < -0.4 is 14.8 Å². The van der Waals surface area contributed by atoms with Crippen molar-refractivity contribution in [2.24, 2.45) is 0 Å². The highest BCUT2D eigenvalue weighted by Crippen LogP contribution is 2.41. The molecule has 0 saturated heterocycles. The van der Waals surface area contributed by atoms with Crippen molar-refractivity contribution < 1.29 is 9.47 Å². The Morgan fingerprint density at radius 3 is 2.94 bits per heavy atom. The maximum absolute atomic E-state index is 9.24. The Bertz CT molecular complexity index is 485. The summed E-state index contributed by atoms with van der Waals surface area (Å²) in [5.41, 5.74) is 0.798. The Morgan fingerprint density at radius 1 is 1.50 bits per heavy atom. The average Bonchev–Trinajstić information content (AvgIpc) is 2.84. The predicted molar refractivity (Wildman–Crippen MR) is 68.8 cm³/mol. The highest BCUT2D eigenvalue weighted by Gasteiger charge is 2.22. The van der Waals surface area contributed by atoms with E-state index in [1.165, 1.54) is 0 Å². The third-order valence-corrected chi connectivity index (χ3v) is 3.26. The van der Waals surface area contributed by atoms with Gasteiger partial charge in [-0.1, -0.05) is 18.5 Å². The van der Waals surface area contributed by atoms with Crippen LogP contribution in [0.25, 0.3) is 0 Å². The molecule has 96 valence electrons. The van der Waals surface area contributed by atoms with Crippen molar-refractivity contribution in [1.29, 1.82) is 5.26 Å². The van der Waals surface area contributed by atoms with Gasteiger partial charge in [-0.15, -0.1) is 0 Å². The van der Waals surface area contributed by atoms with E-state index in [1.807, 2.05) is 6.92 Å². The second-order valence-electron chi connectivity index (χ2n) is 4.27. The van der Waals surface area contributed by atoms with Crippen LogP contribution in [0.4, 0.5) is 0 Å². The number of hydrogen-bond acceptors (Lipinski definition) is 4. The van der Waals surface area contributed by atoms with Crippen molar-refractivity contribution in [3.8, 4) is 17.6 Å². The maximum Gasteiger partial charge on any atom is 0.231 e. The molecule has 5 heteroatoms. The van der Waals surface area contributed by atoms with Crippen LogP contribution in [0.15, 0.2) is 12.1 Å². The molecule has 1 aliphatic heterocycles. The number of ether oxygens (including phenoxy) is 2. The summed E-state index contributed by atoms with van der Waals surface area (Å²) in [5.74, 6) is 1.16. The molecule has 1 aromatic carbocycles. The minimum atomic E-state index is -0.396. The van der Waals surface area contributed by atoms with Gasteiger partial charge in [-0.05, 0) is 31.0 Å². The zero-order valence-electron chi connectivity index (χ0n) is 10.4. The number of fused-ring (bicyclic) bond motifs is 1. The smallest absolute Gasteiger partial charge is 0.231 e. The van der Waals surface area contributed by atoms with Gasteiger partial charge in [-0.3, -0.25) is 5.32 Å². The number of nitrogens with one attached hydrogen (secondary N) is 1. The van der Waals surface area contributed by atoms with Gasteiger partial charge in [-0.25, -0.2) is 0 Å². The lowest BCUT2D eigenvalue weighted by atomic mass is 10.1. The van der Waals surface area contributed by atoms with E-state index in [0.717, 1.165) is 12.0 Å². The largest absolute Gasteiger partial charge is 0.454 e. The number of halogens is 1. The summed E-state index contributed by atoms with van der Waals surface area (Å²) in [6.07, 6.45) is 0.955. The average molecular weight is 267 g/mol. The minimum absolute atomic E-state index is 0.175. The second kappa shape index (κ2) is 5.47. The van der Waals surface area contributed by atoms with Gasteiger partial charge in [0.25, 0.3) is 0 Å². The zero-order chi connectivity index (χ0) is 13.1. The van der Waals surface area contributed by atoms with E-state index < -0.39 is 6.04 Å². The number of nitrogens with zero attached hydrogens (tertiary/aromatic N) is 1. The summed E-state index contributed by atoms with van der Waals surface area (Å²) in [6, 6.07) is 5.65. The highest BCUT2D eigenvalue weighted by molar-refractivity contribution is 6.32. The molecule has 1 aromatic rings. The fraction of sp³-hybridized carbons (Fsp3) is 0.462. The minimum Gasteiger partial charge on any atom is -0.454 e. The Kier molecular flexibility index (Phi) is 3.95. The van der Waals surface area contributed by atoms with Gasteiger partial charge in [0.15, 0.2) is 11.5 Å². The van der Waals surface area contributed by atoms with Crippen LogP contribution in [0.2, 0.25) is 5.02 Å². The fourth-order valence-corrected chi connectivity index (χ4v) is 2.04. The van der Waals surface area contributed by atoms with E-state index in [4.69, 9.17) is 21.1 Å². The molecule has 2 unspecified atom stereocenters. The number of benzene rings is 1. The second-order valence-corrected chi connectivity index (χ2v) is 4.68. The predicted octanol–water partition coefficient (Wildman–Crippen LogP) is 3.02. The van der Waals surface area contributed by atoms with Crippen molar-refractivity contribution >= 4 is 11.6 Å². The van der Waals surface area contributed by atoms with Gasteiger partial charge in [0.2, 0.25) is 6.79 Å². The summed E-state index contributed by atoms with van der Waals surface area (Å²) >= 11 is 6.10. The molecule has 0 spiro atoms. The van der Waals surface area contributed by atoms with Crippen LogP contribution in [0.1, 0.15) is 31.9 Å². The van der Waals surface area contributed by atoms with Crippen molar-refractivity contribution in [1.82, 2.24) is 5.32 Å². The van der Waals surface area contributed by atoms with Gasteiger partial charge in [0.1, 0.15) is 6.04 Å². The van der Waals surface area contributed by atoms with E-state index in [2.05, 4.69) is 18.3 Å². The molecule has 1 heterocycles. The van der Waals surface area contributed by atoms with Crippen LogP contribution in [0.3, 0.4) is 0 Å². The van der Waals surface area contributed by atoms with Gasteiger partial charge >= 0.3 is 0 Å². The fourth-order valence-electron chi connectivity index (χ4n) is 1.76. The first-order valence-electron chi connectivity index (χ1n) is 5.90. The van der Waals surface area contributed by atoms with Gasteiger partial charge in [0.05, 0.1) is 11.1 Å². The monoisotopic (exact) mass is 266 g/mol. The number of nitriles is 1. The molecule has 4 nitrogen and oxygen atoms in total. The standard InChI is InChI=1S/C13H15ClN2O2/c1-3-8(2)16-11(6-15)9-4-10(14)13-12(5-9)17-7-18-13/h4-5,8,11,16H,3,7H2,1-2H3. The van der Waals surface area contributed by atoms with E-state index in [0.29, 0.717) is 16.5 Å². The van der Waals surface area contributed by atoms with Gasteiger partial charge in [0, 0.05) is 6.04 Å². The third kappa shape index (κ3) is 2.53. The number of rotatable bonds is 4. The van der Waals surface area contributed by atoms with Crippen LogP contribution >= 0.6 is 11.6 Å². The first kappa shape index (κ1) is 13.0. The molecule has 1 N–H and O–H groups in total. The molecule has 2 rings (SSSR count). The quantitative estimate of drug-likeness (QED) is 0.910. The lowest BCUT2D eigenvalue weighted by Crippen LogP contribution is -2.29. The summed E-state index contributed by atoms with van der Waals surface area (Å²) in [4.78, 5) is 0. The third-order valence-electron chi connectivity index (χ3n) is 2.98. The van der Waals surface area contributed by atoms with Crippen LogP contribution in [0, 0.1) is 11.3 Å². The number of hydrogen-bond donors (Lipinski definition) is 1. The van der Waals surface area contributed by atoms with Crippen molar-refractivity contribution in [2.45, 2.75) is 32.4 Å². The summed E-state index contributed by atoms with van der Waals surface area (Å²) < 4.78 is 10.5. The molecule has 2 atom stereocenters. The van der Waals surface area contributed by atoms with Crippen LogP contribution in [0.5, 0.6) is 11.5 Å². The maximum atomic E-state index is 9.24. The lowest BCUT2D eigenvalue weighted by molar-refractivity contribution is 0.174. The van der Waals surface area contributed by atoms with E-state index >= 15 is 0 Å². The Balaban J connectivity index is 2.27. The molecule has 0 radical (unpaired) electrons. The molecule has 0 bridgehead atoms. The van der Waals surface area contributed by atoms with Crippen molar-refractivity contribution in [3.05, 3.63) is 22.7 Å². The molecule has 0 aliphatic carbocycles. The molecular weight excluding hydrogens is 252 g/mol. The van der Waals surface area contributed by atoms with Crippen molar-refractivity contribution in [2.75, 3.05) is 6.79 Å². The molecule has 0 amide bonds. The molecule has 18 heavy (non-hydrogen) atoms. The Hall–Kier alpha value is -1.44. The first-order chi connectivity index (χ1) is 8.65. The Labute approximate surface area is 111 Å². The molecule has 0 aromatic heterocycles. The summed E-state index contributed by atoms with van der Waals surface area (Å²) in [7, 11) is 0. The normalized spacial score (nSPS) is 16.1. The highest BCUT2D eigenvalue weighted by atomic mass is 35.5. The van der Waals surface area contributed by atoms with E-state index in [1.54, 1.807) is 12.1 Å². The summed E-state index contributed by atoms with van der Waals surface area (Å²) in [5, 5.41) is 12.9. The SMILES string of the molecule is CCC(C)NC(C#N)c1cc(Cl)c2c(c1)OCO2. The molecular formula is C13H15ClN2O2. The molecule has 0 saturated carbocycles.